The van der Waals surface area contributed by atoms with Gasteiger partial charge in [-0.05, 0) is 36.6 Å². The van der Waals surface area contributed by atoms with Crippen molar-refractivity contribution in [3.63, 3.8) is 0 Å². The normalized spacial score (nSPS) is 16.2. The number of halogens is 4. The Kier molecular flexibility index (Phi) is 4.85. The summed E-state index contributed by atoms with van der Waals surface area (Å²) in [6, 6.07) is 12.7. The van der Waals surface area contributed by atoms with E-state index < -0.39 is 5.82 Å². The Morgan fingerprint density at radius 3 is 2.43 bits per heavy atom. The van der Waals surface area contributed by atoms with E-state index in [0.29, 0.717) is 24.4 Å². The lowest BCUT2D eigenvalue weighted by atomic mass is 9.92. The van der Waals surface area contributed by atoms with Gasteiger partial charge in [0.25, 0.3) is 0 Å². The molecule has 2 aromatic heterocycles. The van der Waals surface area contributed by atoms with E-state index in [2.05, 4.69) is 44.1 Å². The molecule has 1 aliphatic rings. The van der Waals surface area contributed by atoms with E-state index in [0.717, 1.165) is 27.8 Å². The van der Waals surface area contributed by atoms with Crippen LogP contribution in [0.4, 0.5) is 10.3 Å². The minimum Gasteiger partial charge on any atom is -0.356 e. The van der Waals surface area contributed by atoms with E-state index in [1.54, 1.807) is 6.07 Å². The van der Waals surface area contributed by atoms with Gasteiger partial charge in [-0.25, -0.2) is 14.4 Å². The molecule has 0 saturated heterocycles. The van der Waals surface area contributed by atoms with Crippen LogP contribution in [0.15, 0.2) is 42.5 Å². The number of aromatic amines is 1. The first kappa shape index (κ1) is 19.6. The standard InChI is InChI=1S/C22H16Cl3FN4/c1-11-2-4-12(5-3-11)21-20-13(14-8-15(23)16(26)9-17(14)27-20)6-7-30(21)22-28-18(24)10-19(25)29-22/h2-5,8-10,21,27H,6-7H2,1H3. The van der Waals surface area contributed by atoms with Crippen LogP contribution in [-0.4, -0.2) is 21.5 Å². The van der Waals surface area contributed by atoms with Crippen molar-refractivity contribution in [3.05, 3.63) is 86.0 Å². The predicted octanol–water partition coefficient (Wildman–Crippen LogP) is 6.52. The van der Waals surface area contributed by atoms with E-state index in [4.69, 9.17) is 34.8 Å². The van der Waals surface area contributed by atoms with Crippen molar-refractivity contribution in [2.45, 2.75) is 19.4 Å². The maximum absolute atomic E-state index is 14.1. The number of aryl methyl sites for hydroxylation is 1. The Labute approximate surface area is 187 Å². The first-order valence-electron chi connectivity index (χ1n) is 9.43. The Balaban J connectivity index is 1.73. The van der Waals surface area contributed by atoms with Gasteiger partial charge >= 0.3 is 0 Å². The number of aromatic nitrogens is 3. The third-order valence-corrected chi connectivity index (χ3v) is 6.15. The fourth-order valence-corrected chi connectivity index (χ4v) is 4.68. The lowest BCUT2D eigenvalue weighted by molar-refractivity contribution is 0.626. The molecule has 5 rings (SSSR count). The third-order valence-electron chi connectivity index (χ3n) is 5.47. The van der Waals surface area contributed by atoms with Crippen LogP contribution in [0.1, 0.15) is 28.4 Å². The van der Waals surface area contributed by atoms with Crippen molar-refractivity contribution in [2.75, 3.05) is 11.4 Å². The molecule has 8 heteroatoms. The monoisotopic (exact) mass is 460 g/mol. The first-order valence-corrected chi connectivity index (χ1v) is 10.6. The average molecular weight is 462 g/mol. The third kappa shape index (κ3) is 3.31. The summed E-state index contributed by atoms with van der Waals surface area (Å²) in [4.78, 5) is 14.3. The minimum absolute atomic E-state index is 0.114. The van der Waals surface area contributed by atoms with Crippen LogP contribution in [0.2, 0.25) is 15.3 Å². The van der Waals surface area contributed by atoms with Gasteiger partial charge in [-0.2, -0.15) is 0 Å². The molecule has 30 heavy (non-hydrogen) atoms. The van der Waals surface area contributed by atoms with E-state index in [1.165, 1.54) is 12.1 Å². The largest absolute Gasteiger partial charge is 0.356 e. The van der Waals surface area contributed by atoms with Gasteiger partial charge in [-0.3, -0.25) is 0 Å². The Morgan fingerprint density at radius 2 is 1.73 bits per heavy atom. The summed E-state index contributed by atoms with van der Waals surface area (Å²) in [6.07, 6.45) is 0.715. The molecule has 1 atom stereocenters. The van der Waals surface area contributed by atoms with Crippen molar-refractivity contribution in [2.24, 2.45) is 0 Å². The summed E-state index contributed by atoms with van der Waals surface area (Å²) in [5.41, 5.74) is 5.00. The van der Waals surface area contributed by atoms with Crippen LogP contribution in [0, 0.1) is 12.7 Å². The number of hydrogen-bond donors (Lipinski definition) is 1. The summed E-state index contributed by atoms with van der Waals surface area (Å²) >= 11 is 18.4. The molecule has 4 nitrogen and oxygen atoms in total. The summed E-state index contributed by atoms with van der Waals surface area (Å²) in [5.74, 6) is 0.00283. The topological polar surface area (TPSA) is 44.8 Å². The molecule has 0 spiro atoms. The van der Waals surface area contributed by atoms with Crippen molar-refractivity contribution in [1.29, 1.82) is 0 Å². The van der Waals surface area contributed by atoms with E-state index in [-0.39, 0.29) is 21.4 Å². The van der Waals surface area contributed by atoms with Gasteiger partial charge in [-0.1, -0.05) is 64.6 Å². The van der Waals surface area contributed by atoms with Crippen LogP contribution in [0.25, 0.3) is 10.9 Å². The molecule has 1 aliphatic heterocycles. The second-order valence-corrected chi connectivity index (χ2v) is 8.58. The van der Waals surface area contributed by atoms with Gasteiger partial charge in [0.15, 0.2) is 0 Å². The lowest BCUT2D eigenvalue weighted by Crippen LogP contribution is -2.37. The number of H-pyrrole nitrogens is 1. The number of nitrogens with one attached hydrogen (secondary N) is 1. The number of nitrogens with zero attached hydrogens (tertiary/aromatic N) is 3. The highest BCUT2D eigenvalue weighted by molar-refractivity contribution is 6.33. The van der Waals surface area contributed by atoms with E-state index in [1.807, 2.05) is 6.92 Å². The molecule has 0 amide bonds. The summed E-state index contributed by atoms with van der Waals surface area (Å²) in [7, 11) is 0. The zero-order chi connectivity index (χ0) is 21.0. The number of benzene rings is 2. The number of hydrogen-bond acceptors (Lipinski definition) is 3. The van der Waals surface area contributed by atoms with Crippen LogP contribution < -0.4 is 4.90 Å². The maximum Gasteiger partial charge on any atom is 0.229 e. The Hall–Kier alpha value is -2.34. The van der Waals surface area contributed by atoms with Crippen LogP contribution in [-0.2, 0) is 6.42 Å². The molecule has 4 aromatic rings. The van der Waals surface area contributed by atoms with Crippen molar-refractivity contribution in [3.8, 4) is 0 Å². The Bertz CT molecular complexity index is 1250. The SMILES string of the molecule is Cc1ccc(C2c3[nH]c4cc(F)c(Cl)cc4c3CCN2c2nc(Cl)cc(Cl)n2)cc1. The van der Waals surface area contributed by atoms with Crippen molar-refractivity contribution in [1.82, 2.24) is 15.0 Å². The van der Waals surface area contributed by atoms with Crippen LogP contribution in [0.3, 0.4) is 0 Å². The zero-order valence-electron chi connectivity index (χ0n) is 15.9. The summed E-state index contributed by atoms with van der Waals surface area (Å²) in [5, 5.41) is 1.61. The van der Waals surface area contributed by atoms with E-state index >= 15 is 0 Å². The highest BCUT2D eigenvalue weighted by atomic mass is 35.5. The van der Waals surface area contributed by atoms with Gasteiger partial charge in [0.1, 0.15) is 16.1 Å². The van der Waals surface area contributed by atoms with Gasteiger partial charge in [0.2, 0.25) is 5.95 Å². The molecule has 0 bridgehead atoms. The molecular formula is C22H16Cl3FN4. The van der Waals surface area contributed by atoms with Gasteiger partial charge in [-0.15, -0.1) is 0 Å². The van der Waals surface area contributed by atoms with Crippen LogP contribution >= 0.6 is 34.8 Å². The quantitative estimate of drug-likeness (QED) is 0.346. The molecule has 0 radical (unpaired) electrons. The molecule has 3 heterocycles. The summed E-state index contributed by atoms with van der Waals surface area (Å²) < 4.78 is 14.1. The van der Waals surface area contributed by atoms with Crippen molar-refractivity contribution >= 4 is 51.7 Å². The fraction of sp³-hybridized carbons (Fsp3) is 0.182. The number of fused-ring (bicyclic) bond motifs is 3. The zero-order valence-corrected chi connectivity index (χ0v) is 18.2. The first-order chi connectivity index (χ1) is 14.4. The van der Waals surface area contributed by atoms with Crippen molar-refractivity contribution < 1.29 is 4.39 Å². The molecule has 152 valence electrons. The highest BCUT2D eigenvalue weighted by Gasteiger charge is 2.33. The molecule has 0 fully saturated rings. The van der Waals surface area contributed by atoms with E-state index in [9.17, 15) is 4.39 Å². The smallest absolute Gasteiger partial charge is 0.229 e. The summed E-state index contributed by atoms with van der Waals surface area (Å²) in [6.45, 7) is 2.69. The van der Waals surface area contributed by atoms with Gasteiger partial charge < -0.3 is 9.88 Å². The minimum atomic E-state index is -0.448. The maximum atomic E-state index is 14.1. The van der Waals surface area contributed by atoms with Crippen LogP contribution in [0.5, 0.6) is 0 Å². The number of anilines is 1. The van der Waals surface area contributed by atoms with Gasteiger partial charge in [0.05, 0.1) is 11.1 Å². The lowest BCUT2D eigenvalue weighted by Gasteiger charge is -2.36. The Morgan fingerprint density at radius 1 is 1.03 bits per heavy atom. The fourth-order valence-electron chi connectivity index (χ4n) is 4.10. The highest BCUT2D eigenvalue weighted by Crippen LogP contribution is 2.41. The average Bonchev–Trinajstić information content (AvgIpc) is 3.05. The second kappa shape index (κ2) is 7.41. The predicted molar refractivity (Wildman–Crippen MR) is 119 cm³/mol. The molecule has 0 saturated carbocycles. The molecular weight excluding hydrogens is 446 g/mol. The molecule has 0 aliphatic carbocycles. The van der Waals surface area contributed by atoms with Gasteiger partial charge in [0, 0.05) is 29.2 Å². The molecule has 1 N–H and O–H groups in total. The second-order valence-electron chi connectivity index (χ2n) is 7.40. The molecule has 2 aromatic carbocycles. The number of rotatable bonds is 2. The molecule has 1 unspecified atom stereocenters.